The van der Waals surface area contributed by atoms with E-state index >= 15 is 0 Å². The SMILES string of the molecule is C=N/C=C\n1c(C)nc(C)c1C. The fraction of sp³-hybridized carbons (Fsp3) is 0.333. The van der Waals surface area contributed by atoms with Crippen LogP contribution >= 0.6 is 0 Å². The number of hydrogen-bond donors (Lipinski definition) is 0. The summed E-state index contributed by atoms with van der Waals surface area (Å²) >= 11 is 0. The van der Waals surface area contributed by atoms with Crippen LogP contribution in [-0.2, 0) is 0 Å². The van der Waals surface area contributed by atoms with Crippen LogP contribution in [0.3, 0.4) is 0 Å². The molecule has 64 valence electrons. The van der Waals surface area contributed by atoms with E-state index in [1.54, 1.807) is 6.20 Å². The zero-order chi connectivity index (χ0) is 9.14. The van der Waals surface area contributed by atoms with Crippen LogP contribution < -0.4 is 0 Å². The van der Waals surface area contributed by atoms with Gasteiger partial charge in [0, 0.05) is 18.1 Å². The number of aromatic nitrogens is 2. The van der Waals surface area contributed by atoms with Gasteiger partial charge >= 0.3 is 0 Å². The van der Waals surface area contributed by atoms with Crippen molar-refractivity contribution in [3.63, 3.8) is 0 Å². The van der Waals surface area contributed by atoms with Crippen LogP contribution in [0.25, 0.3) is 6.20 Å². The summed E-state index contributed by atoms with van der Waals surface area (Å²) in [5.41, 5.74) is 2.20. The van der Waals surface area contributed by atoms with Gasteiger partial charge in [0.25, 0.3) is 0 Å². The van der Waals surface area contributed by atoms with Gasteiger partial charge in [-0.15, -0.1) is 0 Å². The summed E-state index contributed by atoms with van der Waals surface area (Å²) in [6.07, 6.45) is 3.51. The minimum absolute atomic E-state index is 0.977. The Morgan fingerprint density at radius 3 is 2.50 bits per heavy atom. The van der Waals surface area contributed by atoms with E-state index in [1.807, 2.05) is 31.5 Å². The quantitative estimate of drug-likeness (QED) is 0.613. The second-order valence-electron chi connectivity index (χ2n) is 2.68. The highest BCUT2D eigenvalue weighted by atomic mass is 15.1. The lowest BCUT2D eigenvalue weighted by Crippen LogP contribution is -1.91. The summed E-state index contributed by atoms with van der Waals surface area (Å²) in [6, 6.07) is 0. The third kappa shape index (κ3) is 1.44. The van der Waals surface area contributed by atoms with E-state index in [0.29, 0.717) is 0 Å². The average molecular weight is 163 g/mol. The summed E-state index contributed by atoms with van der Waals surface area (Å²) in [5.74, 6) is 0.977. The largest absolute Gasteiger partial charge is 0.306 e. The molecule has 0 aliphatic heterocycles. The van der Waals surface area contributed by atoms with Crippen molar-refractivity contribution in [2.45, 2.75) is 20.8 Å². The van der Waals surface area contributed by atoms with Crippen molar-refractivity contribution in [2.24, 2.45) is 4.99 Å². The van der Waals surface area contributed by atoms with Gasteiger partial charge in [0.1, 0.15) is 5.82 Å². The standard InChI is InChI=1S/C9H13N3/c1-7-8(2)12(6-5-10-4)9(3)11-7/h5-6H,4H2,1-3H3/b6-5-. The molecule has 0 spiro atoms. The number of rotatable bonds is 2. The normalized spacial score (nSPS) is 10.9. The Hall–Kier alpha value is -1.38. The van der Waals surface area contributed by atoms with E-state index in [-0.39, 0.29) is 0 Å². The molecule has 1 aromatic rings. The number of imidazole rings is 1. The zero-order valence-electron chi connectivity index (χ0n) is 7.70. The maximum atomic E-state index is 4.31. The van der Waals surface area contributed by atoms with Crippen molar-refractivity contribution in [1.82, 2.24) is 9.55 Å². The smallest absolute Gasteiger partial charge is 0.110 e. The lowest BCUT2D eigenvalue weighted by atomic mass is 10.4. The molecule has 1 rings (SSSR count). The number of aliphatic imine (C=N–C) groups is 1. The van der Waals surface area contributed by atoms with Gasteiger partial charge in [-0.3, -0.25) is 4.99 Å². The fourth-order valence-electron chi connectivity index (χ4n) is 1.13. The molecule has 0 atom stereocenters. The van der Waals surface area contributed by atoms with Crippen LogP contribution in [-0.4, -0.2) is 16.3 Å². The Labute approximate surface area is 72.5 Å². The summed E-state index contributed by atoms with van der Waals surface area (Å²) in [6.45, 7) is 9.36. The first-order chi connectivity index (χ1) is 5.66. The minimum Gasteiger partial charge on any atom is -0.306 e. The molecule has 12 heavy (non-hydrogen) atoms. The van der Waals surface area contributed by atoms with Crippen LogP contribution in [0.2, 0.25) is 0 Å². The molecule has 0 aliphatic carbocycles. The molecule has 1 heterocycles. The molecule has 0 unspecified atom stereocenters. The van der Waals surface area contributed by atoms with Gasteiger partial charge < -0.3 is 4.57 Å². The van der Waals surface area contributed by atoms with Gasteiger partial charge in [-0.2, -0.15) is 0 Å². The Morgan fingerprint density at radius 2 is 2.08 bits per heavy atom. The maximum Gasteiger partial charge on any atom is 0.110 e. The summed E-state index contributed by atoms with van der Waals surface area (Å²) in [7, 11) is 0. The van der Waals surface area contributed by atoms with E-state index in [9.17, 15) is 0 Å². The molecular weight excluding hydrogens is 150 g/mol. The molecular formula is C9H13N3. The number of aryl methyl sites for hydroxylation is 2. The van der Waals surface area contributed by atoms with Gasteiger partial charge in [0.05, 0.1) is 5.69 Å². The molecule has 0 amide bonds. The van der Waals surface area contributed by atoms with Gasteiger partial charge in [-0.1, -0.05) is 0 Å². The van der Waals surface area contributed by atoms with Crippen molar-refractivity contribution in [2.75, 3.05) is 0 Å². The highest BCUT2D eigenvalue weighted by Gasteiger charge is 2.03. The van der Waals surface area contributed by atoms with Gasteiger partial charge in [-0.25, -0.2) is 4.98 Å². The molecule has 0 saturated carbocycles. The first kappa shape index (κ1) is 8.71. The third-order valence-corrected chi connectivity index (χ3v) is 1.88. The van der Waals surface area contributed by atoms with Crippen LogP contribution in [0.15, 0.2) is 11.2 Å². The molecule has 3 nitrogen and oxygen atoms in total. The molecule has 0 saturated heterocycles. The molecule has 0 radical (unpaired) electrons. The fourth-order valence-corrected chi connectivity index (χ4v) is 1.13. The maximum absolute atomic E-state index is 4.31. The average Bonchev–Trinajstić information content (AvgIpc) is 2.25. The monoisotopic (exact) mass is 163 g/mol. The first-order valence-corrected chi connectivity index (χ1v) is 3.81. The van der Waals surface area contributed by atoms with E-state index in [2.05, 4.69) is 16.7 Å². The highest BCUT2D eigenvalue weighted by molar-refractivity contribution is 5.34. The van der Waals surface area contributed by atoms with E-state index < -0.39 is 0 Å². The molecule has 1 aromatic heterocycles. The summed E-state index contributed by atoms with van der Waals surface area (Å²) in [4.78, 5) is 7.96. The van der Waals surface area contributed by atoms with Crippen LogP contribution in [0.4, 0.5) is 0 Å². The molecule has 0 aliphatic rings. The Balaban J connectivity index is 3.13. The lowest BCUT2D eigenvalue weighted by molar-refractivity contribution is 0.993. The second-order valence-corrected chi connectivity index (χ2v) is 2.68. The molecule has 0 N–H and O–H groups in total. The van der Waals surface area contributed by atoms with Crippen molar-refractivity contribution in [3.05, 3.63) is 23.4 Å². The van der Waals surface area contributed by atoms with Gasteiger partial charge in [0.2, 0.25) is 0 Å². The first-order valence-electron chi connectivity index (χ1n) is 3.81. The van der Waals surface area contributed by atoms with Gasteiger partial charge in [0.15, 0.2) is 0 Å². The predicted octanol–water partition coefficient (Wildman–Crippen LogP) is 1.94. The molecule has 0 fully saturated rings. The van der Waals surface area contributed by atoms with Crippen molar-refractivity contribution >= 4 is 12.9 Å². The highest BCUT2D eigenvalue weighted by Crippen LogP contribution is 2.09. The van der Waals surface area contributed by atoms with E-state index in [1.165, 1.54) is 0 Å². The van der Waals surface area contributed by atoms with Crippen LogP contribution in [0.5, 0.6) is 0 Å². The zero-order valence-corrected chi connectivity index (χ0v) is 7.70. The van der Waals surface area contributed by atoms with Crippen molar-refractivity contribution < 1.29 is 0 Å². The topological polar surface area (TPSA) is 30.2 Å². The Kier molecular flexibility index (Phi) is 2.43. The summed E-state index contributed by atoms with van der Waals surface area (Å²) in [5, 5.41) is 0. The predicted molar refractivity (Wildman–Crippen MR) is 51.3 cm³/mol. The molecule has 3 heteroatoms. The third-order valence-electron chi connectivity index (χ3n) is 1.88. The number of nitrogens with zero attached hydrogens (tertiary/aromatic N) is 3. The second kappa shape index (κ2) is 3.34. The number of hydrogen-bond acceptors (Lipinski definition) is 2. The molecule has 0 bridgehead atoms. The van der Waals surface area contributed by atoms with E-state index in [0.717, 1.165) is 17.2 Å². The van der Waals surface area contributed by atoms with Crippen LogP contribution in [0.1, 0.15) is 17.2 Å². The van der Waals surface area contributed by atoms with Crippen molar-refractivity contribution in [3.8, 4) is 0 Å². The molecule has 0 aromatic carbocycles. The summed E-state index contributed by atoms with van der Waals surface area (Å²) < 4.78 is 1.99. The lowest BCUT2D eigenvalue weighted by Gasteiger charge is -1.98. The minimum atomic E-state index is 0.977. The van der Waals surface area contributed by atoms with Crippen molar-refractivity contribution in [1.29, 1.82) is 0 Å². The Morgan fingerprint density at radius 1 is 1.42 bits per heavy atom. The van der Waals surface area contributed by atoms with Crippen LogP contribution in [0, 0.1) is 20.8 Å². The Bertz CT molecular complexity index is 321. The van der Waals surface area contributed by atoms with Gasteiger partial charge in [-0.05, 0) is 27.5 Å². The van der Waals surface area contributed by atoms with E-state index in [4.69, 9.17) is 0 Å².